The molecule has 19 heavy (non-hydrogen) atoms. The fourth-order valence-electron chi connectivity index (χ4n) is 2.92. The van der Waals surface area contributed by atoms with Gasteiger partial charge >= 0.3 is 0 Å². The second-order valence-corrected chi connectivity index (χ2v) is 4.81. The van der Waals surface area contributed by atoms with Gasteiger partial charge in [-0.3, -0.25) is 4.79 Å². The molecule has 0 fully saturated rings. The Bertz CT molecular complexity index is 849. The van der Waals surface area contributed by atoms with Gasteiger partial charge in [0.2, 0.25) is 0 Å². The molecule has 0 spiro atoms. The number of rotatable bonds is 0. The zero-order valence-corrected chi connectivity index (χ0v) is 10.2. The lowest BCUT2D eigenvalue weighted by Crippen LogP contribution is -2.10. The van der Waals surface area contributed by atoms with Crippen LogP contribution in [0.25, 0.3) is 21.9 Å². The molecule has 0 aromatic heterocycles. The summed E-state index contributed by atoms with van der Waals surface area (Å²) in [5, 5.41) is 2.04. The first-order valence-electron chi connectivity index (χ1n) is 6.22. The lowest BCUT2D eigenvalue weighted by molar-refractivity contribution is 0.104. The van der Waals surface area contributed by atoms with Gasteiger partial charge in [0, 0.05) is 27.8 Å². The van der Waals surface area contributed by atoms with E-state index in [1.165, 1.54) is 0 Å². The topological polar surface area (TPSA) is 43.1 Å². The molecular weight excluding hydrogens is 234 g/mol. The van der Waals surface area contributed by atoms with Crippen LogP contribution < -0.4 is 5.73 Å². The third-order valence-corrected chi connectivity index (χ3v) is 3.76. The Kier molecular flexibility index (Phi) is 1.88. The SMILES string of the molecule is Nc1ccc2cccc3c2c1-c1ccccc1C3=O. The molecule has 2 N–H and O–H groups in total. The van der Waals surface area contributed by atoms with Crippen molar-refractivity contribution in [2.24, 2.45) is 0 Å². The Morgan fingerprint density at radius 2 is 1.47 bits per heavy atom. The number of carbonyl (C=O) groups excluding carboxylic acids is 1. The molecule has 0 heterocycles. The average molecular weight is 245 g/mol. The molecule has 0 amide bonds. The highest BCUT2D eigenvalue weighted by molar-refractivity contribution is 6.27. The summed E-state index contributed by atoms with van der Waals surface area (Å²) in [5.74, 6) is 0.0827. The summed E-state index contributed by atoms with van der Waals surface area (Å²) in [4.78, 5) is 12.6. The van der Waals surface area contributed by atoms with Crippen LogP contribution in [0.4, 0.5) is 5.69 Å². The van der Waals surface area contributed by atoms with E-state index in [-0.39, 0.29) is 5.78 Å². The largest absolute Gasteiger partial charge is 0.398 e. The maximum Gasteiger partial charge on any atom is 0.194 e. The Labute approximate surface area is 110 Å². The van der Waals surface area contributed by atoms with E-state index >= 15 is 0 Å². The van der Waals surface area contributed by atoms with Gasteiger partial charge < -0.3 is 5.73 Å². The molecule has 0 saturated heterocycles. The number of fused-ring (bicyclic) bond motifs is 2. The van der Waals surface area contributed by atoms with E-state index < -0.39 is 0 Å². The van der Waals surface area contributed by atoms with Crippen molar-refractivity contribution in [2.45, 2.75) is 0 Å². The number of anilines is 1. The van der Waals surface area contributed by atoms with Gasteiger partial charge in [-0.2, -0.15) is 0 Å². The summed E-state index contributed by atoms with van der Waals surface area (Å²) in [6.45, 7) is 0. The van der Waals surface area contributed by atoms with Gasteiger partial charge in [-0.1, -0.05) is 48.5 Å². The van der Waals surface area contributed by atoms with Crippen molar-refractivity contribution in [3.8, 4) is 11.1 Å². The molecule has 1 aliphatic rings. The zero-order chi connectivity index (χ0) is 13.0. The van der Waals surface area contributed by atoms with Gasteiger partial charge in [0.05, 0.1) is 0 Å². The number of nitrogens with two attached hydrogens (primary N) is 1. The summed E-state index contributed by atoms with van der Waals surface area (Å²) in [6, 6.07) is 17.4. The fraction of sp³-hybridized carbons (Fsp3) is 0. The van der Waals surface area contributed by atoms with Gasteiger partial charge in [0.25, 0.3) is 0 Å². The van der Waals surface area contributed by atoms with Crippen LogP contribution in [0.1, 0.15) is 15.9 Å². The molecule has 0 unspecified atom stereocenters. The maximum atomic E-state index is 12.6. The van der Waals surface area contributed by atoms with Crippen LogP contribution in [0.15, 0.2) is 54.6 Å². The fourth-order valence-corrected chi connectivity index (χ4v) is 2.92. The molecule has 0 saturated carbocycles. The smallest absolute Gasteiger partial charge is 0.194 e. The van der Waals surface area contributed by atoms with Crippen LogP contribution in [0.2, 0.25) is 0 Å². The molecule has 90 valence electrons. The molecule has 0 atom stereocenters. The minimum atomic E-state index is 0.0827. The molecule has 2 nitrogen and oxygen atoms in total. The number of ketones is 1. The van der Waals surface area contributed by atoms with E-state index in [0.29, 0.717) is 0 Å². The van der Waals surface area contributed by atoms with Crippen molar-refractivity contribution < 1.29 is 4.79 Å². The highest BCUT2D eigenvalue weighted by Crippen LogP contribution is 2.42. The number of hydrogen-bond acceptors (Lipinski definition) is 2. The van der Waals surface area contributed by atoms with E-state index in [0.717, 1.165) is 38.7 Å². The lowest BCUT2D eigenvalue weighted by atomic mass is 9.82. The first kappa shape index (κ1) is 10.3. The molecule has 0 radical (unpaired) electrons. The van der Waals surface area contributed by atoms with E-state index in [1.807, 2.05) is 54.6 Å². The van der Waals surface area contributed by atoms with E-state index in [9.17, 15) is 4.79 Å². The number of benzene rings is 3. The quantitative estimate of drug-likeness (QED) is 0.481. The minimum Gasteiger partial charge on any atom is -0.398 e. The Balaban J connectivity index is 2.31. The van der Waals surface area contributed by atoms with Crippen molar-refractivity contribution in [1.29, 1.82) is 0 Å². The Morgan fingerprint density at radius 1 is 0.737 bits per heavy atom. The average Bonchev–Trinajstić information content (AvgIpc) is 2.45. The number of hydrogen-bond donors (Lipinski definition) is 1. The van der Waals surface area contributed by atoms with Gasteiger partial charge in [0.15, 0.2) is 5.78 Å². The van der Waals surface area contributed by atoms with Crippen molar-refractivity contribution in [3.63, 3.8) is 0 Å². The van der Waals surface area contributed by atoms with Crippen molar-refractivity contribution in [1.82, 2.24) is 0 Å². The second kappa shape index (κ2) is 3.45. The molecule has 1 aliphatic carbocycles. The van der Waals surface area contributed by atoms with Crippen molar-refractivity contribution >= 4 is 22.2 Å². The Morgan fingerprint density at radius 3 is 2.32 bits per heavy atom. The second-order valence-electron chi connectivity index (χ2n) is 4.81. The molecule has 4 rings (SSSR count). The third-order valence-electron chi connectivity index (χ3n) is 3.76. The first-order chi connectivity index (χ1) is 9.27. The van der Waals surface area contributed by atoms with Crippen LogP contribution >= 0.6 is 0 Å². The van der Waals surface area contributed by atoms with Crippen LogP contribution in [-0.4, -0.2) is 5.78 Å². The summed E-state index contributed by atoms with van der Waals surface area (Å²) in [6.07, 6.45) is 0. The zero-order valence-electron chi connectivity index (χ0n) is 10.2. The molecule has 0 bridgehead atoms. The van der Waals surface area contributed by atoms with Crippen LogP contribution in [0.3, 0.4) is 0 Å². The highest BCUT2D eigenvalue weighted by atomic mass is 16.1. The summed E-state index contributed by atoms with van der Waals surface area (Å²) in [7, 11) is 0. The third kappa shape index (κ3) is 1.23. The van der Waals surface area contributed by atoms with Gasteiger partial charge in [-0.15, -0.1) is 0 Å². The summed E-state index contributed by atoms with van der Waals surface area (Å²) >= 11 is 0. The van der Waals surface area contributed by atoms with Crippen molar-refractivity contribution in [2.75, 3.05) is 5.73 Å². The van der Waals surface area contributed by atoms with E-state index in [1.54, 1.807) is 0 Å². The maximum absolute atomic E-state index is 12.6. The summed E-state index contributed by atoms with van der Waals surface area (Å²) < 4.78 is 0. The number of carbonyl (C=O) groups is 1. The molecular formula is C17H11NO. The standard InChI is InChI=1S/C17H11NO/c18-14-9-8-10-4-3-7-13-15(10)16(14)11-5-1-2-6-12(11)17(13)19/h1-9H,18H2. The van der Waals surface area contributed by atoms with Crippen molar-refractivity contribution in [3.05, 3.63) is 65.7 Å². The molecule has 3 aromatic carbocycles. The molecule has 3 aromatic rings. The molecule has 0 aliphatic heterocycles. The highest BCUT2D eigenvalue weighted by Gasteiger charge is 2.25. The monoisotopic (exact) mass is 245 g/mol. The van der Waals surface area contributed by atoms with Crippen LogP contribution in [0, 0.1) is 0 Å². The lowest BCUT2D eigenvalue weighted by Gasteiger charge is -2.21. The normalized spacial score (nSPS) is 12.5. The van der Waals surface area contributed by atoms with Gasteiger partial charge in [0.1, 0.15) is 0 Å². The first-order valence-corrected chi connectivity index (χ1v) is 6.22. The predicted octanol–water partition coefficient (Wildman–Crippen LogP) is 3.63. The van der Waals surface area contributed by atoms with E-state index in [2.05, 4.69) is 0 Å². The van der Waals surface area contributed by atoms with Gasteiger partial charge in [-0.05, 0) is 17.0 Å². The summed E-state index contributed by atoms with van der Waals surface area (Å²) in [5.41, 5.74) is 10.3. The minimum absolute atomic E-state index is 0.0827. The van der Waals surface area contributed by atoms with Crippen LogP contribution in [0.5, 0.6) is 0 Å². The van der Waals surface area contributed by atoms with Gasteiger partial charge in [-0.25, -0.2) is 0 Å². The predicted molar refractivity (Wildman–Crippen MR) is 77.2 cm³/mol. The van der Waals surface area contributed by atoms with E-state index in [4.69, 9.17) is 5.73 Å². The Hall–Kier alpha value is -2.61. The molecule has 2 heteroatoms. The van der Waals surface area contributed by atoms with Crippen LogP contribution in [-0.2, 0) is 0 Å². The number of nitrogen functional groups attached to an aromatic ring is 1.